The van der Waals surface area contributed by atoms with E-state index < -0.39 is 6.04 Å². The zero-order valence-corrected chi connectivity index (χ0v) is 16.5. The van der Waals surface area contributed by atoms with E-state index in [2.05, 4.69) is 5.32 Å². The third kappa shape index (κ3) is 15.4. The molecule has 0 aliphatic rings. The number of carbonyl (C=O) groups excluding carboxylic acids is 1. The quantitative estimate of drug-likeness (QED) is 0.257. The Labute approximate surface area is 156 Å². The van der Waals surface area contributed by atoms with Gasteiger partial charge >= 0.3 is 0 Å². The van der Waals surface area contributed by atoms with Crippen LogP contribution < -0.4 is 11.1 Å². The standard InChI is InChI=1S/C17H36N2O7/c1-5-16(18)17(20)19-6-7-22-8-12-25-15(3)26-13-10-23-9-11-24-14(2)21-4/h14-16H,5-13,18H2,1-4H3,(H,19,20). The minimum Gasteiger partial charge on any atom is -0.377 e. The van der Waals surface area contributed by atoms with Crippen LogP contribution >= 0.6 is 0 Å². The molecular formula is C17H36N2O7. The van der Waals surface area contributed by atoms with Crippen molar-refractivity contribution in [1.29, 1.82) is 0 Å². The largest absolute Gasteiger partial charge is 0.377 e. The summed E-state index contributed by atoms with van der Waals surface area (Å²) in [7, 11) is 1.59. The molecule has 0 rings (SSSR count). The van der Waals surface area contributed by atoms with Crippen molar-refractivity contribution in [2.45, 2.75) is 45.8 Å². The summed E-state index contributed by atoms with van der Waals surface area (Å²) >= 11 is 0. The molecule has 0 bridgehead atoms. The van der Waals surface area contributed by atoms with Gasteiger partial charge in [0, 0.05) is 13.7 Å². The molecule has 0 aromatic heterocycles. The van der Waals surface area contributed by atoms with E-state index in [1.165, 1.54) is 0 Å². The van der Waals surface area contributed by atoms with Gasteiger partial charge in [0.1, 0.15) is 0 Å². The second-order valence-electron chi connectivity index (χ2n) is 5.51. The predicted molar refractivity (Wildman–Crippen MR) is 96.7 cm³/mol. The van der Waals surface area contributed by atoms with Crippen LogP contribution in [0.2, 0.25) is 0 Å². The van der Waals surface area contributed by atoms with Gasteiger partial charge in [-0.1, -0.05) is 6.92 Å². The molecule has 0 radical (unpaired) electrons. The lowest BCUT2D eigenvalue weighted by Crippen LogP contribution is -2.41. The summed E-state index contributed by atoms with van der Waals surface area (Å²) < 4.78 is 31.9. The number of ether oxygens (including phenoxy) is 6. The van der Waals surface area contributed by atoms with Crippen LogP contribution in [0.1, 0.15) is 27.2 Å². The highest BCUT2D eigenvalue weighted by atomic mass is 16.7. The van der Waals surface area contributed by atoms with Gasteiger partial charge in [0.25, 0.3) is 0 Å². The Kier molecular flexibility index (Phi) is 17.0. The first kappa shape index (κ1) is 25.2. The topological polar surface area (TPSA) is 111 Å². The SMILES string of the molecule is CCC(N)C(=O)NCCOCCOC(C)OCCOCCOC(C)OC. The summed E-state index contributed by atoms with van der Waals surface area (Å²) in [6.45, 7) is 9.05. The van der Waals surface area contributed by atoms with Crippen LogP contribution in [0.4, 0.5) is 0 Å². The number of nitrogens with one attached hydrogen (secondary N) is 1. The molecule has 0 aromatic carbocycles. The zero-order valence-electron chi connectivity index (χ0n) is 16.5. The van der Waals surface area contributed by atoms with Gasteiger partial charge in [-0.3, -0.25) is 4.79 Å². The normalized spacial score (nSPS) is 14.8. The fourth-order valence-corrected chi connectivity index (χ4v) is 1.70. The van der Waals surface area contributed by atoms with Crippen molar-refractivity contribution < 1.29 is 33.2 Å². The van der Waals surface area contributed by atoms with Crippen molar-refractivity contribution in [3.63, 3.8) is 0 Å². The van der Waals surface area contributed by atoms with E-state index in [4.69, 9.17) is 34.2 Å². The Morgan fingerprint density at radius 3 is 1.88 bits per heavy atom. The van der Waals surface area contributed by atoms with Gasteiger partial charge in [0.05, 0.1) is 52.3 Å². The van der Waals surface area contributed by atoms with Gasteiger partial charge in [0.15, 0.2) is 12.6 Å². The van der Waals surface area contributed by atoms with Crippen molar-refractivity contribution in [2.24, 2.45) is 5.73 Å². The monoisotopic (exact) mass is 380 g/mol. The highest BCUT2D eigenvalue weighted by molar-refractivity contribution is 5.81. The van der Waals surface area contributed by atoms with E-state index in [1.54, 1.807) is 7.11 Å². The first-order valence-electron chi connectivity index (χ1n) is 9.07. The lowest BCUT2D eigenvalue weighted by Gasteiger charge is -2.15. The maximum Gasteiger partial charge on any atom is 0.236 e. The summed E-state index contributed by atoms with van der Waals surface area (Å²) in [5.41, 5.74) is 5.60. The Bertz CT molecular complexity index is 334. The number of hydrogen-bond donors (Lipinski definition) is 2. The third-order valence-electron chi connectivity index (χ3n) is 3.39. The number of nitrogens with two attached hydrogens (primary N) is 1. The number of amides is 1. The minimum absolute atomic E-state index is 0.156. The summed E-state index contributed by atoms with van der Waals surface area (Å²) in [6.07, 6.45) is 0.0504. The van der Waals surface area contributed by atoms with Crippen LogP contribution in [0, 0.1) is 0 Å². The molecule has 1 amide bonds. The molecule has 0 saturated carbocycles. The average Bonchev–Trinajstić information content (AvgIpc) is 2.65. The average molecular weight is 380 g/mol. The highest BCUT2D eigenvalue weighted by Gasteiger charge is 2.09. The molecule has 0 aliphatic heterocycles. The number of hydrogen-bond acceptors (Lipinski definition) is 8. The first-order chi connectivity index (χ1) is 12.5. The molecule has 26 heavy (non-hydrogen) atoms. The molecule has 0 aromatic rings. The van der Waals surface area contributed by atoms with E-state index in [0.717, 1.165) is 0 Å². The maximum absolute atomic E-state index is 11.4. The van der Waals surface area contributed by atoms with Crippen LogP contribution in [0.15, 0.2) is 0 Å². The molecule has 3 N–H and O–H groups in total. The van der Waals surface area contributed by atoms with Crippen molar-refractivity contribution in [3.8, 4) is 0 Å². The van der Waals surface area contributed by atoms with Crippen LogP contribution in [0.5, 0.6) is 0 Å². The molecule has 0 heterocycles. The molecule has 156 valence electrons. The molecular weight excluding hydrogens is 344 g/mol. The zero-order chi connectivity index (χ0) is 19.6. The van der Waals surface area contributed by atoms with Crippen LogP contribution in [0.25, 0.3) is 0 Å². The van der Waals surface area contributed by atoms with Gasteiger partial charge in [0.2, 0.25) is 5.91 Å². The van der Waals surface area contributed by atoms with Crippen molar-refractivity contribution in [3.05, 3.63) is 0 Å². The molecule has 0 aliphatic carbocycles. The second-order valence-corrected chi connectivity index (χ2v) is 5.51. The molecule has 0 fully saturated rings. The Morgan fingerprint density at radius 2 is 1.38 bits per heavy atom. The third-order valence-corrected chi connectivity index (χ3v) is 3.39. The molecule has 9 heteroatoms. The molecule has 0 saturated heterocycles. The van der Waals surface area contributed by atoms with Crippen LogP contribution in [0.3, 0.4) is 0 Å². The van der Waals surface area contributed by atoms with E-state index in [-0.39, 0.29) is 18.5 Å². The van der Waals surface area contributed by atoms with Gasteiger partial charge < -0.3 is 39.5 Å². The van der Waals surface area contributed by atoms with Crippen molar-refractivity contribution in [1.82, 2.24) is 5.32 Å². The highest BCUT2D eigenvalue weighted by Crippen LogP contribution is 1.94. The summed E-state index contributed by atoms with van der Waals surface area (Å²) in [5.74, 6) is -0.156. The fourth-order valence-electron chi connectivity index (χ4n) is 1.70. The van der Waals surface area contributed by atoms with Gasteiger partial charge in [-0.15, -0.1) is 0 Å². The Morgan fingerprint density at radius 1 is 0.885 bits per heavy atom. The molecule has 0 spiro atoms. The molecule has 3 unspecified atom stereocenters. The van der Waals surface area contributed by atoms with Crippen LogP contribution in [-0.4, -0.2) is 84.4 Å². The predicted octanol–water partition coefficient (Wildman–Crippen LogP) is 0.261. The fraction of sp³-hybridized carbons (Fsp3) is 0.941. The summed E-state index contributed by atoms with van der Waals surface area (Å²) in [5, 5.41) is 2.71. The van der Waals surface area contributed by atoms with Crippen LogP contribution in [-0.2, 0) is 33.2 Å². The van der Waals surface area contributed by atoms with E-state index in [1.807, 2.05) is 20.8 Å². The van der Waals surface area contributed by atoms with Gasteiger partial charge in [-0.25, -0.2) is 0 Å². The molecule has 3 atom stereocenters. The van der Waals surface area contributed by atoms with Crippen molar-refractivity contribution >= 4 is 5.91 Å². The van der Waals surface area contributed by atoms with E-state index in [9.17, 15) is 4.79 Å². The summed E-state index contributed by atoms with van der Waals surface area (Å²) in [6, 6.07) is -0.457. The lowest BCUT2D eigenvalue weighted by molar-refractivity contribution is -0.151. The molecule has 9 nitrogen and oxygen atoms in total. The smallest absolute Gasteiger partial charge is 0.236 e. The van der Waals surface area contributed by atoms with Gasteiger partial charge in [-0.05, 0) is 20.3 Å². The Balaban J connectivity index is 3.32. The number of rotatable bonds is 18. The Hall–Kier alpha value is -0.810. The summed E-state index contributed by atoms with van der Waals surface area (Å²) in [4.78, 5) is 11.4. The number of methoxy groups -OCH3 is 1. The van der Waals surface area contributed by atoms with Crippen molar-refractivity contribution in [2.75, 3.05) is 59.9 Å². The van der Waals surface area contributed by atoms with E-state index >= 15 is 0 Å². The second kappa shape index (κ2) is 17.6. The first-order valence-corrected chi connectivity index (χ1v) is 9.07. The lowest BCUT2D eigenvalue weighted by atomic mass is 10.2. The van der Waals surface area contributed by atoms with Gasteiger partial charge in [-0.2, -0.15) is 0 Å². The number of carbonyl (C=O) groups is 1. The minimum atomic E-state index is -0.457. The maximum atomic E-state index is 11.4. The van der Waals surface area contributed by atoms with E-state index in [0.29, 0.717) is 59.2 Å².